The highest BCUT2D eigenvalue weighted by molar-refractivity contribution is 7.90. The summed E-state index contributed by atoms with van der Waals surface area (Å²) in [7, 11) is -6.01. The van der Waals surface area contributed by atoms with Gasteiger partial charge in [0.2, 0.25) is 15.9 Å². The molecule has 1 N–H and O–H groups in total. The summed E-state index contributed by atoms with van der Waals surface area (Å²) in [6.07, 6.45) is 4.38. The standard InChI is InChI=1S/C31H55NO6SSi/c1-13-14-20(2)26(38-40(11,12)28(4,5)6)21(3)27(35)29(7,8)24(33)18-25(34)32-23-17-22-15-16-31(23,30(22,9)10)19-39(32,36)37/h13-14,20-24,26,33H,15-19H2,1-12H3/t20-,21+,22?,23?,24-,26-,31?/m0/s1. The van der Waals surface area contributed by atoms with Crippen molar-refractivity contribution in [3.05, 3.63) is 12.2 Å². The van der Waals surface area contributed by atoms with Crippen LogP contribution in [0.25, 0.3) is 0 Å². The topological polar surface area (TPSA) is 101 Å². The van der Waals surface area contributed by atoms with Crippen molar-refractivity contribution in [2.24, 2.45) is 34.0 Å². The number of sulfonamides is 1. The summed E-state index contributed by atoms with van der Waals surface area (Å²) in [5.74, 6) is -0.962. The number of nitrogens with zero attached hydrogens (tertiary/aromatic N) is 1. The smallest absolute Gasteiger partial charge is 0.238 e. The Kier molecular flexibility index (Phi) is 8.87. The van der Waals surface area contributed by atoms with E-state index in [-0.39, 0.29) is 40.1 Å². The largest absolute Gasteiger partial charge is 0.413 e. The van der Waals surface area contributed by atoms with E-state index >= 15 is 0 Å². The highest BCUT2D eigenvalue weighted by Crippen LogP contribution is 2.70. The van der Waals surface area contributed by atoms with E-state index in [9.17, 15) is 23.1 Å². The van der Waals surface area contributed by atoms with E-state index in [0.29, 0.717) is 12.3 Å². The number of hydrogen-bond acceptors (Lipinski definition) is 6. The summed E-state index contributed by atoms with van der Waals surface area (Å²) in [5, 5.41) is 11.3. The fourth-order valence-electron chi connectivity index (χ4n) is 7.62. The predicted molar refractivity (Wildman–Crippen MR) is 163 cm³/mol. The highest BCUT2D eigenvalue weighted by Gasteiger charge is 2.72. The van der Waals surface area contributed by atoms with Gasteiger partial charge in [0.15, 0.2) is 8.32 Å². The van der Waals surface area contributed by atoms with Gasteiger partial charge in [-0.05, 0) is 61.6 Å². The monoisotopic (exact) mass is 597 g/mol. The average Bonchev–Trinajstić information content (AvgIpc) is 3.28. The van der Waals surface area contributed by atoms with Crippen molar-refractivity contribution in [3.63, 3.8) is 0 Å². The molecule has 1 spiro atoms. The zero-order valence-electron chi connectivity index (χ0n) is 27.0. The zero-order chi connectivity index (χ0) is 30.9. The maximum absolute atomic E-state index is 14.0. The number of rotatable bonds is 10. The Hall–Kier alpha value is -1.03. The highest BCUT2D eigenvalue weighted by atomic mass is 32.2. The zero-order valence-corrected chi connectivity index (χ0v) is 28.8. The quantitative estimate of drug-likeness (QED) is 0.247. The van der Waals surface area contributed by atoms with Gasteiger partial charge in [-0.1, -0.05) is 74.5 Å². The SMILES string of the molecule is CC=C[C@H](C)[C@H](O[Si](C)(C)C(C)(C)C)[C@@H](C)C(=O)C(C)(C)[C@@H](O)CC(=O)N1C2CC3CCC2(CS1(=O)=O)C3(C)C. The molecule has 230 valence electrons. The molecule has 2 bridgehead atoms. The molecule has 1 heterocycles. The van der Waals surface area contributed by atoms with Gasteiger partial charge in [-0.2, -0.15) is 0 Å². The summed E-state index contributed by atoms with van der Waals surface area (Å²) >= 11 is 0. The van der Waals surface area contributed by atoms with E-state index in [2.05, 4.69) is 47.7 Å². The molecule has 3 rings (SSSR count). The van der Waals surface area contributed by atoms with Crippen LogP contribution >= 0.6 is 0 Å². The summed E-state index contributed by atoms with van der Waals surface area (Å²) < 4.78 is 34.6. The molecule has 7 atom stereocenters. The fourth-order valence-corrected chi connectivity index (χ4v) is 11.6. The Morgan fingerprint density at radius 3 is 2.23 bits per heavy atom. The van der Waals surface area contributed by atoms with E-state index in [1.165, 1.54) is 0 Å². The first-order chi connectivity index (χ1) is 18.0. The second-order valence-electron chi connectivity index (χ2n) is 15.6. The van der Waals surface area contributed by atoms with E-state index in [4.69, 9.17) is 4.43 Å². The first-order valence-electron chi connectivity index (χ1n) is 15.1. The van der Waals surface area contributed by atoms with E-state index in [1.54, 1.807) is 13.8 Å². The number of ketones is 1. The van der Waals surface area contributed by atoms with Gasteiger partial charge in [0.1, 0.15) is 5.78 Å². The van der Waals surface area contributed by atoms with Gasteiger partial charge in [0.25, 0.3) is 0 Å². The third kappa shape index (κ3) is 5.30. The van der Waals surface area contributed by atoms with Gasteiger partial charge in [-0.25, -0.2) is 12.7 Å². The molecule has 0 aromatic heterocycles. The Balaban J connectivity index is 1.82. The van der Waals surface area contributed by atoms with Crippen LogP contribution in [-0.2, 0) is 24.0 Å². The van der Waals surface area contributed by atoms with Crippen molar-refractivity contribution in [1.29, 1.82) is 0 Å². The van der Waals surface area contributed by atoms with Crippen LogP contribution in [0.15, 0.2) is 12.2 Å². The van der Waals surface area contributed by atoms with Gasteiger partial charge in [0.05, 0.1) is 35.8 Å². The average molecular weight is 598 g/mol. The number of carbonyl (C=O) groups is 2. The van der Waals surface area contributed by atoms with Crippen LogP contribution in [0.4, 0.5) is 0 Å². The lowest BCUT2D eigenvalue weighted by molar-refractivity contribution is -0.143. The van der Waals surface area contributed by atoms with E-state index < -0.39 is 53.5 Å². The number of fused-ring (bicyclic) bond motifs is 1. The van der Waals surface area contributed by atoms with Gasteiger partial charge in [0, 0.05) is 11.3 Å². The van der Waals surface area contributed by atoms with Crippen molar-refractivity contribution in [2.75, 3.05) is 5.75 Å². The number of aliphatic hydroxyl groups is 1. The van der Waals surface area contributed by atoms with Crippen molar-refractivity contribution in [2.45, 2.75) is 131 Å². The summed E-state index contributed by atoms with van der Waals surface area (Å²) in [4.78, 5) is 27.6. The lowest BCUT2D eigenvalue weighted by Crippen LogP contribution is -2.52. The lowest BCUT2D eigenvalue weighted by atomic mass is 9.69. The van der Waals surface area contributed by atoms with Gasteiger partial charge < -0.3 is 9.53 Å². The van der Waals surface area contributed by atoms with Crippen LogP contribution in [-0.4, -0.2) is 61.8 Å². The predicted octanol–water partition coefficient (Wildman–Crippen LogP) is 5.94. The summed E-state index contributed by atoms with van der Waals surface area (Å²) in [6, 6.07) is -0.354. The first kappa shape index (κ1) is 33.5. The molecular weight excluding hydrogens is 542 g/mol. The van der Waals surface area contributed by atoms with E-state index in [0.717, 1.165) is 17.1 Å². The molecule has 40 heavy (non-hydrogen) atoms. The minimum absolute atomic E-state index is 0.00926. The maximum Gasteiger partial charge on any atom is 0.238 e. The number of allylic oxidation sites excluding steroid dienone is 1. The van der Waals surface area contributed by atoms with Crippen molar-refractivity contribution in [3.8, 4) is 0 Å². The van der Waals surface area contributed by atoms with Crippen LogP contribution in [0, 0.1) is 34.0 Å². The normalized spacial score (nSPS) is 30.8. The van der Waals surface area contributed by atoms with Gasteiger partial charge in [-0.3, -0.25) is 9.59 Å². The fraction of sp³-hybridized carbons (Fsp3) is 0.871. The number of hydrogen-bond donors (Lipinski definition) is 1. The van der Waals surface area contributed by atoms with Crippen LogP contribution < -0.4 is 0 Å². The van der Waals surface area contributed by atoms with Crippen LogP contribution in [0.1, 0.15) is 94.9 Å². The molecule has 1 amide bonds. The molecule has 0 aromatic carbocycles. The molecule has 1 saturated heterocycles. The van der Waals surface area contributed by atoms with Crippen molar-refractivity contribution < 1.29 is 27.5 Å². The number of aliphatic hydroxyl groups excluding tert-OH is 1. The molecule has 9 heteroatoms. The number of Topliss-reactive ketones (excluding diaryl/α,β-unsaturated/α-hetero) is 1. The Morgan fingerprint density at radius 2 is 1.73 bits per heavy atom. The molecule has 3 aliphatic rings. The van der Waals surface area contributed by atoms with Crippen LogP contribution in [0.5, 0.6) is 0 Å². The molecule has 2 aliphatic carbocycles. The number of amides is 1. The molecule has 3 unspecified atom stereocenters. The molecular formula is C31H55NO6SSi. The minimum atomic E-state index is -3.79. The second-order valence-corrected chi connectivity index (χ2v) is 22.2. The van der Waals surface area contributed by atoms with Crippen molar-refractivity contribution >= 4 is 30.0 Å². The lowest BCUT2D eigenvalue weighted by Gasteiger charge is -2.43. The molecule has 1 aliphatic heterocycles. The maximum atomic E-state index is 14.0. The van der Waals surface area contributed by atoms with E-state index in [1.807, 2.05) is 32.9 Å². The van der Waals surface area contributed by atoms with Gasteiger partial charge in [-0.15, -0.1) is 0 Å². The third-order valence-electron chi connectivity index (χ3n) is 11.7. The Bertz CT molecular complexity index is 1140. The first-order valence-corrected chi connectivity index (χ1v) is 19.6. The molecule has 7 nitrogen and oxygen atoms in total. The molecule has 0 aromatic rings. The van der Waals surface area contributed by atoms with Gasteiger partial charge >= 0.3 is 0 Å². The summed E-state index contributed by atoms with van der Waals surface area (Å²) in [5.41, 5.74) is -1.84. The van der Waals surface area contributed by atoms with Crippen LogP contribution in [0.2, 0.25) is 18.1 Å². The molecule has 0 radical (unpaired) electrons. The number of carbonyl (C=O) groups excluding carboxylic acids is 2. The third-order valence-corrected chi connectivity index (χ3v) is 18.1. The summed E-state index contributed by atoms with van der Waals surface area (Å²) in [6.45, 7) is 24.3. The Morgan fingerprint density at radius 1 is 1.15 bits per heavy atom. The van der Waals surface area contributed by atoms with Crippen molar-refractivity contribution in [1.82, 2.24) is 4.31 Å². The Labute approximate surface area is 244 Å². The molecule has 2 saturated carbocycles. The minimum Gasteiger partial charge on any atom is -0.413 e. The molecule has 3 fully saturated rings. The second kappa shape index (κ2) is 10.6. The van der Waals surface area contributed by atoms with Crippen LogP contribution in [0.3, 0.4) is 0 Å².